The molecule has 8 heteroatoms. The number of para-hydroxylation sites is 1. The van der Waals surface area contributed by atoms with Crippen LogP contribution in [-0.2, 0) is 10.0 Å². The lowest BCUT2D eigenvalue weighted by Crippen LogP contribution is -2.35. The number of likely N-dealkylation sites (N-methyl/N-ethyl adjacent to an activating group) is 1. The Kier molecular flexibility index (Phi) is 6.31. The number of nitrogens with zero attached hydrogens (tertiary/aromatic N) is 2. The maximum Gasteiger partial charge on any atom is 0.261 e. The normalized spacial score (nSPS) is 14.8. The third-order valence-electron chi connectivity index (χ3n) is 4.82. The van der Waals surface area contributed by atoms with Gasteiger partial charge in [-0.1, -0.05) is 12.1 Å². The molecule has 0 bridgehead atoms. The molecule has 1 fully saturated rings. The number of likely N-dealkylation sites (tertiary alicyclic amines) is 1. The SMILES string of the molecule is CN(CCN1CCCC1)C(=O)c1ccccc1NS(=O)(=O)c1ccc(F)cc1. The zero-order chi connectivity index (χ0) is 20.1. The van der Waals surface area contributed by atoms with Crippen LogP contribution in [0.4, 0.5) is 10.1 Å². The van der Waals surface area contributed by atoms with Crippen LogP contribution in [0.25, 0.3) is 0 Å². The van der Waals surface area contributed by atoms with E-state index in [1.54, 1.807) is 36.2 Å². The number of benzene rings is 2. The van der Waals surface area contributed by atoms with Crippen molar-refractivity contribution in [3.05, 3.63) is 59.9 Å². The van der Waals surface area contributed by atoms with Crippen molar-refractivity contribution in [3.63, 3.8) is 0 Å². The van der Waals surface area contributed by atoms with Crippen molar-refractivity contribution < 1.29 is 17.6 Å². The number of carbonyl (C=O) groups is 1. The van der Waals surface area contributed by atoms with Gasteiger partial charge < -0.3 is 9.80 Å². The smallest absolute Gasteiger partial charge is 0.261 e. The van der Waals surface area contributed by atoms with Crippen molar-refractivity contribution in [3.8, 4) is 0 Å². The second-order valence-electron chi connectivity index (χ2n) is 6.88. The molecule has 0 saturated carbocycles. The van der Waals surface area contributed by atoms with Gasteiger partial charge in [-0.05, 0) is 62.3 Å². The van der Waals surface area contributed by atoms with Crippen molar-refractivity contribution in [1.29, 1.82) is 0 Å². The minimum absolute atomic E-state index is 0.0708. The molecule has 0 spiro atoms. The lowest BCUT2D eigenvalue weighted by molar-refractivity contribution is 0.0783. The van der Waals surface area contributed by atoms with Gasteiger partial charge in [0.05, 0.1) is 16.1 Å². The fourth-order valence-corrected chi connectivity index (χ4v) is 4.26. The summed E-state index contributed by atoms with van der Waals surface area (Å²) in [6.45, 7) is 3.47. The molecule has 0 aliphatic carbocycles. The molecule has 0 aromatic heterocycles. The van der Waals surface area contributed by atoms with E-state index in [1.807, 2.05) is 0 Å². The van der Waals surface area contributed by atoms with Gasteiger partial charge in [0, 0.05) is 20.1 Å². The maximum atomic E-state index is 13.1. The molecule has 1 N–H and O–H groups in total. The van der Waals surface area contributed by atoms with Gasteiger partial charge in [-0.2, -0.15) is 0 Å². The van der Waals surface area contributed by atoms with E-state index in [-0.39, 0.29) is 22.1 Å². The number of anilines is 1. The Hall–Kier alpha value is -2.45. The van der Waals surface area contributed by atoms with Crippen LogP contribution in [0.3, 0.4) is 0 Å². The highest BCUT2D eigenvalue weighted by molar-refractivity contribution is 7.92. The highest BCUT2D eigenvalue weighted by Crippen LogP contribution is 2.21. The molecular formula is C20H24FN3O3S. The minimum atomic E-state index is -3.93. The molecular weight excluding hydrogens is 381 g/mol. The van der Waals surface area contributed by atoms with E-state index in [9.17, 15) is 17.6 Å². The monoisotopic (exact) mass is 405 g/mol. The Morgan fingerprint density at radius 2 is 1.75 bits per heavy atom. The van der Waals surface area contributed by atoms with Crippen molar-refractivity contribution in [2.75, 3.05) is 37.9 Å². The standard InChI is InChI=1S/C20H24FN3O3S/c1-23(14-15-24-12-4-5-13-24)20(25)18-6-2-3-7-19(18)22-28(26,27)17-10-8-16(21)9-11-17/h2-3,6-11,22H,4-5,12-15H2,1H3. The number of hydrogen-bond acceptors (Lipinski definition) is 4. The van der Waals surface area contributed by atoms with Gasteiger partial charge in [-0.15, -0.1) is 0 Å². The van der Waals surface area contributed by atoms with E-state index in [0.717, 1.165) is 31.8 Å². The molecule has 0 atom stereocenters. The third kappa shape index (κ3) is 4.88. The van der Waals surface area contributed by atoms with Gasteiger partial charge >= 0.3 is 0 Å². The number of amides is 1. The first-order valence-electron chi connectivity index (χ1n) is 9.22. The van der Waals surface area contributed by atoms with Crippen LogP contribution in [0.2, 0.25) is 0 Å². The molecule has 1 saturated heterocycles. The Labute approximate surface area is 165 Å². The molecule has 3 rings (SSSR count). The van der Waals surface area contributed by atoms with Crippen LogP contribution in [0, 0.1) is 5.82 Å². The van der Waals surface area contributed by atoms with Crippen molar-refractivity contribution in [2.45, 2.75) is 17.7 Å². The van der Waals surface area contributed by atoms with Crippen LogP contribution in [0.5, 0.6) is 0 Å². The third-order valence-corrected chi connectivity index (χ3v) is 6.20. The lowest BCUT2D eigenvalue weighted by Gasteiger charge is -2.22. The van der Waals surface area contributed by atoms with Crippen LogP contribution in [0.1, 0.15) is 23.2 Å². The Morgan fingerprint density at radius 3 is 2.43 bits per heavy atom. The summed E-state index contributed by atoms with van der Waals surface area (Å²) in [7, 11) is -2.22. The van der Waals surface area contributed by atoms with E-state index in [0.29, 0.717) is 6.54 Å². The Morgan fingerprint density at radius 1 is 1.11 bits per heavy atom. The summed E-state index contributed by atoms with van der Waals surface area (Å²) in [4.78, 5) is 16.7. The Bertz CT molecular complexity index is 926. The summed E-state index contributed by atoms with van der Waals surface area (Å²) in [6, 6.07) is 11.0. The summed E-state index contributed by atoms with van der Waals surface area (Å²) in [5, 5.41) is 0. The van der Waals surface area contributed by atoms with Gasteiger partial charge in [-0.25, -0.2) is 12.8 Å². The number of rotatable bonds is 7. The molecule has 0 radical (unpaired) electrons. The Balaban J connectivity index is 1.74. The molecule has 28 heavy (non-hydrogen) atoms. The average molecular weight is 405 g/mol. The zero-order valence-electron chi connectivity index (χ0n) is 15.8. The average Bonchev–Trinajstić information content (AvgIpc) is 3.19. The van der Waals surface area contributed by atoms with E-state index in [1.165, 1.54) is 25.0 Å². The van der Waals surface area contributed by atoms with Gasteiger partial charge in [0.1, 0.15) is 5.82 Å². The number of carbonyl (C=O) groups excluding carboxylic acids is 1. The predicted molar refractivity (Wildman–Crippen MR) is 106 cm³/mol. The predicted octanol–water partition coefficient (Wildman–Crippen LogP) is 2.79. The lowest BCUT2D eigenvalue weighted by atomic mass is 10.1. The van der Waals surface area contributed by atoms with E-state index < -0.39 is 15.8 Å². The van der Waals surface area contributed by atoms with Crippen LogP contribution in [-0.4, -0.2) is 57.4 Å². The first-order valence-corrected chi connectivity index (χ1v) is 10.7. The number of hydrogen-bond donors (Lipinski definition) is 1. The molecule has 1 heterocycles. The summed E-state index contributed by atoms with van der Waals surface area (Å²) in [6.07, 6.45) is 2.37. The molecule has 2 aromatic carbocycles. The molecule has 1 aliphatic heterocycles. The molecule has 1 aliphatic rings. The fraction of sp³-hybridized carbons (Fsp3) is 0.350. The van der Waals surface area contributed by atoms with Crippen LogP contribution >= 0.6 is 0 Å². The number of sulfonamides is 1. The molecule has 0 unspecified atom stereocenters. The van der Waals surface area contributed by atoms with Gasteiger partial charge in [0.2, 0.25) is 0 Å². The van der Waals surface area contributed by atoms with Crippen molar-refractivity contribution in [1.82, 2.24) is 9.80 Å². The maximum absolute atomic E-state index is 13.1. The largest absolute Gasteiger partial charge is 0.340 e. The highest BCUT2D eigenvalue weighted by Gasteiger charge is 2.21. The summed E-state index contributed by atoms with van der Waals surface area (Å²) in [5.41, 5.74) is 0.474. The second-order valence-corrected chi connectivity index (χ2v) is 8.56. The topological polar surface area (TPSA) is 69.7 Å². The highest BCUT2D eigenvalue weighted by atomic mass is 32.2. The van der Waals surface area contributed by atoms with E-state index >= 15 is 0 Å². The molecule has 6 nitrogen and oxygen atoms in total. The van der Waals surface area contributed by atoms with Gasteiger partial charge in [0.25, 0.3) is 15.9 Å². The van der Waals surface area contributed by atoms with Crippen LogP contribution < -0.4 is 4.72 Å². The summed E-state index contributed by atoms with van der Waals surface area (Å²) in [5.74, 6) is -0.772. The number of halogens is 1. The minimum Gasteiger partial charge on any atom is -0.340 e. The van der Waals surface area contributed by atoms with Crippen molar-refractivity contribution in [2.24, 2.45) is 0 Å². The molecule has 150 valence electrons. The van der Waals surface area contributed by atoms with E-state index in [4.69, 9.17) is 0 Å². The fourth-order valence-electron chi connectivity index (χ4n) is 3.18. The van der Waals surface area contributed by atoms with E-state index in [2.05, 4.69) is 9.62 Å². The summed E-state index contributed by atoms with van der Waals surface area (Å²) >= 11 is 0. The van der Waals surface area contributed by atoms with Crippen molar-refractivity contribution >= 4 is 21.6 Å². The molecule has 1 amide bonds. The second kappa shape index (κ2) is 8.70. The van der Waals surface area contributed by atoms with Gasteiger partial charge in [0.15, 0.2) is 0 Å². The quantitative estimate of drug-likeness (QED) is 0.769. The molecule has 2 aromatic rings. The first kappa shape index (κ1) is 20.3. The summed E-state index contributed by atoms with van der Waals surface area (Å²) < 4.78 is 40.7. The first-order chi connectivity index (χ1) is 13.4. The van der Waals surface area contributed by atoms with Crippen LogP contribution in [0.15, 0.2) is 53.4 Å². The number of nitrogens with one attached hydrogen (secondary N) is 1. The van der Waals surface area contributed by atoms with Gasteiger partial charge in [-0.3, -0.25) is 9.52 Å². The zero-order valence-corrected chi connectivity index (χ0v) is 16.6.